The molecule has 0 spiro atoms. The zero-order valence-electron chi connectivity index (χ0n) is 7.99. The highest BCUT2D eigenvalue weighted by Crippen LogP contribution is 2.27. The number of hydrogen-bond donors (Lipinski definition) is 1. The largest absolute Gasteiger partial charge is 0.352 e. The third kappa shape index (κ3) is 2.44. The van der Waals surface area contributed by atoms with Crippen LogP contribution in [0.5, 0.6) is 0 Å². The van der Waals surface area contributed by atoms with Gasteiger partial charge in [0.05, 0.1) is 10.5 Å². The average molecular weight is 229 g/mol. The molecule has 0 aromatic heterocycles. The number of benzene rings is 1. The highest BCUT2D eigenvalue weighted by Gasteiger charge is 2.18. The third-order valence-electron chi connectivity index (χ3n) is 1.76. The first-order valence-electron chi connectivity index (χ1n) is 4.29. The zero-order valence-corrected chi connectivity index (χ0v) is 8.75. The van der Waals surface area contributed by atoms with Gasteiger partial charge in [0.25, 0.3) is 11.6 Å². The second kappa shape index (κ2) is 4.75. The number of nitrogens with one attached hydrogen (secondary N) is 1. The fourth-order valence-electron chi connectivity index (χ4n) is 1.09. The molecule has 0 aliphatic carbocycles. The molecule has 1 amide bonds. The van der Waals surface area contributed by atoms with Crippen LogP contribution in [0, 0.1) is 10.1 Å². The molecule has 0 unspecified atom stereocenters. The smallest absolute Gasteiger partial charge is 0.288 e. The van der Waals surface area contributed by atoms with E-state index >= 15 is 0 Å². The highest BCUT2D eigenvalue weighted by atomic mass is 35.5. The first-order valence-corrected chi connectivity index (χ1v) is 4.66. The van der Waals surface area contributed by atoms with Crippen molar-refractivity contribution >= 4 is 23.2 Å². The van der Waals surface area contributed by atoms with Crippen LogP contribution in [-0.4, -0.2) is 17.4 Å². The number of carbonyl (C=O) groups excluding carboxylic acids is 1. The van der Waals surface area contributed by atoms with E-state index in [-0.39, 0.29) is 16.3 Å². The lowest BCUT2D eigenvalue weighted by atomic mass is 10.2. The molecule has 0 heterocycles. The number of amides is 1. The van der Waals surface area contributed by atoms with Gasteiger partial charge in [-0.15, -0.1) is 0 Å². The van der Waals surface area contributed by atoms with Crippen molar-refractivity contribution in [2.45, 2.75) is 6.92 Å². The van der Waals surface area contributed by atoms with E-state index in [2.05, 4.69) is 5.32 Å². The Morgan fingerprint density at radius 2 is 2.27 bits per heavy atom. The maximum atomic E-state index is 11.4. The second-order valence-corrected chi connectivity index (χ2v) is 3.13. The van der Waals surface area contributed by atoms with Gasteiger partial charge in [-0.1, -0.05) is 17.7 Å². The summed E-state index contributed by atoms with van der Waals surface area (Å²) in [5.74, 6) is -0.411. The molecule has 0 aliphatic rings. The summed E-state index contributed by atoms with van der Waals surface area (Å²) in [5, 5.41) is 12.9. The van der Waals surface area contributed by atoms with Gasteiger partial charge in [0, 0.05) is 12.6 Å². The van der Waals surface area contributed by atoms with E-state index in [1.54, 1.807) is 6.92 Å². The molecule has 1 aromatic rings. The Labute approximate surface area is 91.2 Å². The normalized spacial score (nSPS) is 9.73. The molecular weight excluding hydrogens is 220 g/mol. The number of carbonyl (C=O) groups is 1. The predicted octanol–water partition coefficient (Wildman–Crippen LogP) is 2.00. The summed E-state index contributed by atoms with van der Waals surface area (Å²) >= 11 is 5.73. The predicted molar refractivity (Wildman–Crippen MR) is 56.1 cm³/mol. The van der Waals surface area contributed by atoms with E-state index in [4.69, 9.17) is 11.6 Å². The van der Waals surface area contributed by atoms with Crippen molar-refractivity contribution in [2.24, 2.45) is 0 Å². The van der Waals surface area contributed by atoms with Gasteiger partial charge in [-0.05, 0) is 13.0 Å². The van der Waals surface area contributed by atoms with Crippen LogP contribution in [0.3, 0.4) is 0 Å². The number of nitrogens with zero attached hydrogens (tertiary/aromatic N) is 1. The molecule has 0 fully saturated rings. The quantitative estimate of drug-likeness (QED) is 0.635. The SMILES string of the molecule is CCNC(=O)c1cccc([N+](=O)[O-])c1Cl. The molecule has 1 rings (SSSR count). The topological polar surface area (TPSA) is 72.2 Å². The Bertz CT molecular complexity index is 406. The number of nitro benzene ring substituents is 1. The molecule has 5 nitrogen and oxygen atoms in total. The van der Waals surface area contributed by atoms with Crippen LogP contribution in [0.25, 0.3) is 0 Å². The van der Waals surface area contributed by atoms with Crippen LogP contribution >= 0.6 is 11.6 Å². The lowest BCUT2D eigenvalue weighted by Crippen LogP contribution is -2.23. The van der Waals surface area contributed by atoms with E-state index in [0.29, 0.717) is 6.54 Å². The molecule has 6 heteroatoms. The molecule has 0 saturated carbocycles. The first-order chi connectivity index (χ1) is 7.07. The second-order valence-electron chi connectivity index (χ2n) is 2.76. The third-order valence-corrected chi connectivity index (χ3v) is 2.15. The van der Waals surface area contributed by atoms with Gasteiger partial charge in [-0.2, -0.15) is 0 Å². The summed E-state index contributed by atoms with van der Waals surface area (Å²) in [4.78, 5) is 21.3. The van der Waals surface area contributed by atoms with Crippen LogP contribution in [0.4, 0.5) is 5.69 Å². The van der Waals surface area contributed by atoms with Crippen LogP contribution < -0.4 is 5.32 Å². The van der Waals surface area contributed by atoms with E-state index in [1.807, 2.05) is 0 Å². The maximum absolute atomic E-state index is 11.4. The summed E-state index contributed by atoms with van der Waals surface area (Å²) in [7, 11) is 0. The molecule has 0 aliphatic heterocycles. The summed E-state index contributed by atoms with van der Waals surface area (Å²) in [5.41, 5.74) is -0.145. The molecule has 15 heavy (non-hydrogen) atoms. The van der Waals surface area contributed by atoms with Crippen LogP contribution in [-0.2, 0) is 0 Å². The summed E-state index contributed by atoms with van der Waals surface area (Å²) < 4.78 is 0. The molecule has 80 valence electrons. The van der Waals surface area contributed by atoms with E-state index in [0.717, 1.165) is 0 Å². The van der Waals surface area contributed by atoms with Gasteiger partial charge in [-0.3, -0.25) is 14.9 Å². The molecule has 1 aromatic carbocycles. The number of rotatable bonds is 3. The number of hydrogen-bond acceptors (Lipinski definition) is 3. The average Bonchev–Trinajstić information content (AvgIpc) is 2.17. The van der Waals surface area contributed by atoms with Crippen molar-refractivity contribution < 1.29 is 9.72 Å². The highest BCUT2D eigenvalue weighted by molar-refractivity contribution is 6.35. The molecule has 0 bridgehead atoms. The lowest BCUT2D eigenvalue weighted by Gasteiger charge is -2.04. The standard InChI is InChI=1S/C9H9ClN2O3/c1-2-11-9(13)6-4-3-5-7(8(6)10)12(14)15/h3-5H,2H2,1H3,(H,11,13). The summed E-state index contributed by atoms with van der Waals surface area (Å²) in [6, 6.07) is 4.12. The molecule has 0 atom stereocenters. The summed E-state index contributed by atoms with van der Waals surface area (Å²) in [6.45, 7) is 2.20. The first kappa shape index (κ1) is 11.5. The molecular formula is C9H9ClN2O3. The Hall–Kier alpha value is -1.62. The monoisotopic (exact) mass is 228 g/mol. The Morgan fingerprint density at radius 3 is 2.80 bits per heavy atom. The Balaban J connectivity index is 3.15. The van der Waals surface area contributed by atoms with Crippen molar-refractivity contribution in [3.63, 3.8) is 0 Å². The van der Waals surface area contributed by atoms with Crippen molar-refractivity contribution in [2.75, 3.05) is 6.54 Å². The van der Waals surface area contributed by atoms with Gasteiger partial charge in [0.2, 0.25) is 0 Å². The Morgan fingerprint density at radius 1 is 1.60 bits per heavy atom. The minimum atomic E-state index is -0.620. The molecule has 1 N–H and O–H groups in total. The van der Waals surface area contributed by atoms with Crippen LogP contribution in [0.15, 0.2) is 18.2 Å². The van der Waals surface area contributed by atoms with Gasteiger partial charge in [0.1, 0.15) is 5.02 Å². The van der Waals surface area contributed by atoms with Gasteiger partial charge < -0.3 is 5.32 Å². The minimum absolute atomic E-state index is 0.118. The maximum Gasteiger partial charge on any atom is 0.288 e. The van der Waals surface area contributed by atoms with Crippen molar-refractivity contribution in [1.82, 2.24) is 5.32 Å². The fraction of sp³-hybridized carbons (Fsp3) is 0.222. The number of nitro groups is 1. The fourth-order valence-corrected chi connectivity index (χ4v) is 1.37. The van der Waals surface area contributed by atoms with Crippen molar-refractivity contribution in [3.05, 3.63) is 38.9 Å². The minimum Gasteiger partial charge on any atom is -0.352 e. The van der Waals surface area contributed by atoms with Gasteiger partial charge in [-0.25, -0.2) is 0 Å². The van der Waals surface area contributed by atoms with Crippen molar-refractivity contribution in [3.8, 4) is 0 Å². The lowest BCUT2D eigenvalue weighted by molar-refractivity contribution is -0.384. The molecule has 0 radical (unpaired) electrons. The van der Waals surface area contributed by atoms with E-state index in [1.165, 1.54) is 18.2 Å². The van der Waals surface area contributed by atoms with Gasteiger partial charge >= 0.3 is 0 Å². The van der Waals surface area contributed by atoms with Crippen LogP contribution in [0.2, 0.25) is 5.02 Å². The van der Waals surface area contributed by atoms with E-state index in [9.17, 15) is 14.9 Å². The van der Waals surface area contributed by atoms with Crippen molar-refractivity contribution in [1.29, 1.82) is 0 Å². The number of halogens is 1. The van der Waals surface area contributed by atoms with Gasteiger partial charge in [0.15, 0.2) is 0 Å². The van der Waals surface area contributed by atoms with Crippen LogP contribution in [0.1, 0.15) is 17.3 Å². The Kier molecular flexibility index (Phi) is 3.62. The summed E-state index contributed by atoms with van der Waals surface area (Å²) in [6.07, 6.45) is 0. The molecule has 0 saturated heterocycles. The van der Waals surface area contributed by atoms with E-state index < -0.39 is 10.8 Å². The zero-order chi connectivity index (χ0) is 11.4.